The van der Waals surface area contributed by atoms with Crippen molar-refractivity contribution in [3.8, 4) is 11.8 Å². The maximum absolute atomic E-state index is 12.6. The summed E-state index contributed by atoms with van der Waals surface area (Å²) in [5.74, 6) is 5.36. The van der Waals surface area contributed by atoms with E-state index in [1.807, 2.05) is 30.3 Å². The molecule has 0 spiro atoms. The van der Waals surface area contributed by atoms with Crippen molar-refractivity contribution in [1.82, 2.24) is 4.90 Å². The minimum absolute atomic E-state index is 0.0697. The maximum Gasteiger partial charge on any atom is 0.269 e. The Kier molecular flexibility index (Phi) is 4.08. The van der Waals surface area contributed by atoms with Crippen molar-refractivity contribution in [2.24, 2.45) is 0 Å². The summed E-state index contributed by atoms with van der Waals surface area (Å²) in [5.41, 5.74) is 1.59. The summed E-state index contributed by atoms with van der Waals surface area (Å²) in [6, 6.07) is 9.37. The van der Waals surface area contributed by atoms with Crippen LogP contribution in [0.5, 0.6) is 0 Å². The lowest BCUT2D eigenvalue weighted by atomic mass is 10.1. The van der Waals surface area contributed by atoms with Gasteiger partial charge in [0.2, 0.25) is 0 Å². The highest BCUT2D eigenvalue weighted by atomic mass is 16.5. The number of carbonyl (C=O) groups is 2. The number of benzene rings is 1. The minimum Gasteiger partial charge on any atom is -0.381 e. The fourth-order valence-corrected chi connectivity index (χ4v) is 2.74. The molecule has 1 fully saturated rings. The van der Waals surface area contributed by atoms with Crippen molar-refractivity contribution < 1.29 is 14.3 Å². The molecule has 2 heterocycles. The lowest BCUT2D eigenvalue weighted by Crippen LogP contribution is -2.44. The van der Waals surface area contributed by atoms with E-state index < -0.39 is 0 Å². The van der Waals surface area contributed by atoms with Gasteiger partial charge in [-0.15, -0.1) is 0 Å². The van der Waals surface area contributed by atoms with Crippen LogP contribution in [0, 0.1) is 11.8 Å². The molecular formula is C18H17NO3. The van der Waals surface area contributed by atoms with Crippen molar-refractivity contribution in [2.45, 2.75) is 25.8 Å². The van der Waals surface area contributed by atoms with Gasteiger partial charge in [0.25, 0.3) is 11.8 Å². The van der Waals surface area contributed by atoms with Crippen LogP contribution in [0.1, 0.15) is 25.3 Å². The molecular weight excluding hydrogens is 278 g/mol. The molecule has 1 aromatic carbocycles. The molecule has 0 bridgehead atoms. The summed E-state index contributed by atoms with van der Waals surface area (Å²) >= 11 is 0. The topological polar surface area (TPSA) is 46.6 Å². The second kappa shape index (κ2) is 6.17. The van der Waals surface area contributed by atoms with Gasteiger partial charge in [-0.3, -0.25) is 14.5 Å². The molecule has 0 aromatic heterocycles. The number of hydrogen-bond donors (Lipinski definition) is 0. The summed E-state index contributed by atoms with van der Waals surface area (Å²) in [4.78, 5) is 26.3. The number of rotatable bonds is 1. The number of imide groups is 1. The third kappa shape index (κ3) is 2.68. The first-order valence-corrected chi connectivity index (χ1v) is 7.42. The second-order valence-electron chi connectivity index (χ2n) is 5.44. The van der Waals surface area contributed by atoms with E-state index in [9.17, 15) is 9.59 Å². The molecule has 1 saturated heterocycles. The lowest BCUT2D eigenvalue weighted by molar-refractivity contribution is -0.142. The van der Waals surface area contributed by atoms with E-state index in [2.05, 4.69) is 11.8 Å². The van der Waals surface area contributed by atoms with Gasteiger partial charge in [0.1, 0.15) is 0 Å². The van der Waals surface area contributed by atoms with Gasteiger partial charge in [0, 0.05) is 30.4 Å². The molecule has 2 amide bonds. The summed E-state index contributed by atoms with van der Waals surface area (Å²) < 4.78 is 5.30. The normalized spacial score (nSPS) is 19.4. The first kappa shape index (κ1) is 14.6. The van der Waals surface area contributed by atoms with Crippen molar-refractivity contribution in [1.29, 1.82) is 0 Å². The van der Waals surface area contributed by atoms with Crippen molar-refractivity contribution in [2.75, 3.05) is 13.2 Å². The number of amides is 2. The second-order valence-corrected chi connectivity index (χ2v) is 5.44. The smallest absolute Gasteiger partial charge is 0.269 e. The summed E-state index contributed by atoms with van der Waals surface area (Å²) in [6.07, 6.45) is 1.40. The fraction of sp³-hybridized carbons (Fsp3) is 0.333. The van der Waals surface area contributed by atoms with Crippen molar-refractivity contribution in [3.63, 3.8) is 0 Å². The number of hydrogen-bond acceptors (Lipinski definition) is 3. The van der Waals surface area contributed by atoms with Crippen LogP contribution < -0.4 is 0 Å². The molecule has 1 aromatic rings. The predicted octanol–water partition coefficient (Wildman–Crippen LogP) is 1.90. The molecule has 0 saturated carbocycles. The van der Waals surface area contributed by atoms with Crippen LogP contribution in [-0.2, 0) is 14.3 Å². The third-order valence-corrected chi connectivity index (χ3v) is 4.01. The van der Waals surface area contributed by atoms with E-state index in [1.54, 1.807) is 6.92 Å². The summed E-state index contributed by atoms with van der Waals surface area (Å²) in [5, 5.41) is 0. The van der Waals surface area contributed by atoms with Crippen LogP contribution in [0.15, 0.2) is 41.5 Å². The molecule has 2 aliphatic rings. The Bertz CT molecular complexity index is 688. The number of ether oxygens (including phenoxy) is 1. The standard InChI is InChI=1S/C18H17NO3/c1-13-16(8-7-14-5-3-2-4-6-14)18(21)19(17(13)20)15-9-11-22-12-10-15/h2-6,15H,9-12H2,1H3. The van der Waals surface area contributed by atoms with Crippen LogP contribution in [-0.4, -0.2) is 36.0 Å². The van der Waals surface area contributed by atoms with Gasteiger partial charge in [0.05, 0.1) is 5.57 Å². The SMILES string of the molecule is CC1=C(C#Cc2ccccc2)C(=O)N(C2CCOCC2)C1=O. The van der Waals surface area contributed by atoms with E-state index in [0.29, 0.717) is 37.2 Å². The Hall–Kier alpha value is -2.38. The molecule has 2 aliphatic heterocycles. The Morgan fingerprint density at radius 1 is 1.05 bits per heavy atom. The molecule has 0 radical (unpaired) electrons. The van der Waals surface area contributed by atoms with E-state index in [4.69, 9.17) is 4.74 Å². The molecule has 3 rings (SSSR count). The summed E-state index contributed by atoms with van der Waals surface area (Å²) in [7, 11) is 0. The molecule has 22 heavy (non-hydrogen) atoms. The fourth-order valence-electron chi connectivity index (χ4n) is 2.74. The first-order valence-electron chi connectivity index (χ1n) is 7.42. The largest absolute Gasteiger partial charge is 0.381 e. The molecule has 0 atom stereocenters. The first-order chi connectivity index (χ1) is 10.7. The molecule has 0 unspecified atom stereocenters. The van der Waals surface area contributed by atoms with Gasteiger partial charge in [-0.2, -0.15) is 0 Å². The van der Waals surface area contributed by atoms with E-state index >= 15 is 0 Å². The van der Waals surface area contributed by atoms with Crippen LogP contribution in [0.2, 0.25) is 0 Å². The maximum atomic E-state index is 12.6. The van der Waals surface area contributed by atoms with Crippen molar-refractivity contribution in [3.05, 3.63) is 47.0 Å². The molecule has 4 heteroatoms. The van der Waals surface area contributed by atoms with Gasteiger partial charge in [-0.05, 0) is 31.9 Å². The Morgan fingerprint density at radius 3 is 2.41 bits per heavy atom. The third-order valence-electron chi connectivity index (χ3n) is 4.01. The zero-order valence-electron chi connectivity index (χ0n) is 12.5. The van der Waals surface area contributed by atoms with Gasteiger partial charge < -0.3 is 4.74 Å². The Morgan fingerprint density at radius 2 is 1.73 bits per heavy atom. The highest BCUT2D eigenvalue weighted by molar-refractivity contribution is 6.21. The van der Waals surface area contributed by atoms with E-state index in [1.165, 1.54) is 4.90 Å². The number of carbonyl (C=O) groups excluding carboxylic acids is 2. The highest BCUT2D eigenvalue weighted by Crippen LogP contribution is 2.26. The quantitative estimate of drug-likeness (QED) is 0.587. The Balaban J connectivity index is 1.84. The van der Waals surface area contributed by atoms with Crippen LogP contribution in [0.3, 0.4) is 0 Å². The van der Waals surface area contributed by atoms with Crippen LogP contribution in [0.25, 0.3) is 0 Å². The molecule has 0 aliphatic carbocycles. The Labute approximate surface area is 129 Å². The summed E-state index contributed by atoms with van der Waals surface area (Å²) in [6.45, 7) is 2.85. The number of nitrogens with zero attached hydrogens (tertiary/aromatic N) is 1. The van der Waals surface area contributed by atoms with Gasteiger partial charge in [0.15, 0.2) is 0 Å². The monoisotopic (exact) mass is 295 g/mol. The van der Waals surface area contributed by atoms with Crippen LogP contribution in [0.4, 0.5) is 0 Å². The van der Waals surface area contributed by atoms with E-state index in [-0.39, 0.29) is 17.9 Å². The zero-order valence-corrected chi connectivity index (χ0v) is 12.5. The average molecular weight is 295 g/mol. The van der Waals surface area contributed by atoms with Gasteiger partial charge >= 0.3 is 0 Å². The van der Waals surface area contributed by atoms with Gasteiger partial charge in [-0.25, -0.2) is 0 Å². The molecule has 4 nitrogen and oxygen atoms in total. The average Bonchev–Trinajstić information content (AvgIpc) is 2.77. The minimum atomic E-state index is -0.266. The van der Waals surface area contributed by atoms with Gasteiger partial charge in [-0.1, -0.05) is 30.0 Å². The molecule has 112 valence electrons. The molecule has 0 N–H and O–H groups in total. The predicted molar refractivity (Wildman–Crippen MR) is 81.7 cm³/mol. The van der Waals surface area contributed by atoms with Crippen molar-refractivity contribution >= 4 is 11.8 Å². The zero-order chi connectivity index (χ0) is 15.5. The van der Waals surface area contributed by atoms with E-state index in [0.717, 1.165) is 5.56 Å². The highest BCUT2D eigenvalue weighted by Gasteiger charge is 2.40. The van der Waals surface area contributed by atoms with Crippen LogP contribution >= 0.6 is 0 Å². The lowest BCUT2D eigenvalue weighted by Gasteiger charge is -2.29.